The molecule has 3 rings (SSSR count). The number of amides is 1. The highest BCUT2D eigenvalue weighted by atomic mass is 32.1. The number of rotatable bonds is 4. The Labute approximate surface area is 130 Å². The maximum absolute atomic E-state index is 11.8. The molecule has 1 fully saturated rings. The smallest absolute Gasteiger partial charge is 0.248 e. The highest BCUT2D eigenvalue weighted by Crippen LogP contribution is 2.34. The van der Waals surface area contributed by atoms with Gasteiger partial charge in [0.2, 0.25) is 5.91 Å². The van der Waals surface area contributed by atoms with E-state index >= 15 is 0 Å². The van der Waals surface area contributed by atoms with Gasteiger partial charge in [0.25, 0.3) is 0 Å². The molecule has 4 nitrogen and oxygen atoms in total. The van der Waals surface area contributed by atoms with Gasteiger partial charge < -0.3 is 15.0 Å². The van der Waals surface area contributed by atoms with E-state index in [4.69, 9.17) is 4.74 Å². The summed E-state index contributed by atoms with van der Waals surface area (Å²) in [5.74, 6) is 0.119. The lowest BCUT2D eigenvalue weighted by atomic mass is 9.92. The molecule has 116 valence electrons. The van der Waals surface area contributed by atoms with Crippen LogP contribution in [0.15, 0.2) is 11.4 Å². The standard InChI is InChI=1S/C16H24N2O2S/c1-20-11-16(19)18-8-5-12(6-9-18)17-14-3-2-4-15-13(14)7-10-21-15/h7,10,12,14,17H,2-6,8-9,11H2,1H3. The lowest BCUT2D eigenvalue weighted by molar-refractivity contribution is -0.136. The minimum Gasteiger partial charge on any atom is -0.375 e. The largest absolute Gasteiger partial charge is 0.375 e. The first-order valence-corrected chi connectivity index (χ1v) is 8.75. The number of nitrogens with one attached hydrogen (secondary N) is 1. The Bertz CT molecular complexity index is 480. The molecule has 1 saturated heterocycles. The topological polar surface area (TPSA) is 41.6 Å². The number of nitrogens with zero attached hydrogens (tertiary/aromatic N) is 1. The Morgan fingerprint density at radius 2 is 2.24 bits per heavy atom. The van der Waals surface area contributed by atoms with Gasteiger partial charge in [0.15, 0.2) is 0 Å². The molecule has 1 atom stereocenters. The first kappa shape index (κ1) is 15.0. The fourth-order valence-electron chi connectivity index (χ4n) is 3.45. The molecule has 0 bridgehead atoms. The van der Waals surface area contributed by atoms with Crippen LogP contribution in [-0.2, 0) is 16.0 Å². The van der Waals surface area contributed by atoms with Crippen LogP contribution in [0.5, 0.6) is 0 Å². The van der Waals surface area contributed by atoms with Crippen molar-refractivity contribution in [2.24, 2.45) is 0 Å². The summed E-state index contributed by atoms with van der Waals surface area (Å²) in [6, 6.07) is 3.34. The summed E-state index contributed by atoms with van der Waals surface area (Å²) in [6.45, 7) is 1.91. The summed E-state index contributed by atoms with van der Waals surface area (Å²) < 4.78 is 4.93. The maximum Gasteiger partial charge on any atom is 0.248 e. The summed E-state index contributed by atoms with van der Waals surface area (Å²) in [5.41, 5.74) is 1.52. The molecular weight excluding hydrogens is 284 g/mol. The molecule has 0 aromatic carbocycles. The molecule has 1 aliphatic heterocycles. The quantitative estimate of drug-likeness (QED) is 0.928. The van der Waals surface area contributed by atoms with Gasteiger partial charge in [-0.15, -0.1) is 11.3 Å². The van der Waals surface area contributed by atoms with Crippen LogP contribution in [0, 0.1) is 0 Å². The average Bonchev–Trinajstić information content (AvgIpc) is 2.98. The van der Waals surface area contributed by atoms with Gasteiger partial charge in [0.1, 0.15) is 6.61 Å². The van der Waals surface area contributed by atoms with Gasteiger partial charge in [0.05, 0.1) is 0 Å². The number of likely N-dealkylation sites (tertiary alicyclic amines) is 1. The maximum atomic E-state index is 11.8. The van der Waals surface area contributed by atoms with Crippen LogP contribution >= 0.6 is 11.3 Å². The highest BCUT2D eigenvalue weighted by Gasteiger charge is 2.27. The molecule has 1 aromatic heterocycles. The highest BCUT2D eigenvalue weighted by molar-refractivity contribution is 7.10. The van der Waals surface area contributed by atoms with Gasteiger partial charge in [-0.2, -0.15) is 0 Å². The van der Waals surface area contributed by atoms with Crippen molar-refractivity contribution in [2.45, 2.75) is 44.2 Å². The molecule has 2 aliphatic rings. The van der Waals surface area contributed by atoms with Crippen molar-refractivity contribution < 1.29 is 9.53 Å². The molecule has 1 N–H and O–H groups in total. The third kappa shape index (κ3) is 3.47. The zero-order chi connectivity index (χ0) is 14.7. The first-order valence-electron chi connectivity index (χ1n) is 7.87. The number of fused-ring (bicyclic) bond motifs is 1. The van der Waals surface area contributed by atoms with Gasteiger partial charge in [-0.1, -0.05) is 0 Å². The average molecular weight is 308 g/mol. The monoisotopic (exact) mass is 308 g/mol. The number of piperidine rings is 1. The summed E-state index contributed by atoms with van der Waals surface area (Å²) in [5, 5.41) is 6.05. The molecule has 0 radical (unpaired) electrons. The minimum absolute atomic E-state index is 0.119. The number of carbonyl (C=O) groups excluding carboxylic acids is 1. The van der Waals surface area contributed by atoms with E-state index in [9.17, 15) is 4.79 Å². The van der Waals surface area contributed by atoms with Crippen molar-refractivity contribution >= 4 is 17.2 Å². The fraction of sp³-hybridized carbons (Fsp3) is 0.688. The number of aryl methyl sites for hydroxylation is 1. The molecule has 2 heterocycles. The number of carbonyl (C=O) groups is 1. The Morgan fingerprint density at radius 1 is 1.43 bits per heavy atom. The Morgan fingerprint density at radius 3 is 3.00 bits per heavy atom. The lowest BCUT2D eigenvalue weighted by Gasteiger charge is -2.35. The molecule has 5 heteroatoms. The van der Waals surface area contributed by atoms with Gasteiger partial charge in [0, 0.05) is 37.2 Å². The van der Waals surface area contributed by atoms with Crippen LogP contribution in [0.25, 0.3) is 0 Å². The summed E-state index contributed by atoms with van der Waals surface area (Å²) in [6.07, 6.45) is 5.87. The van der Waals surface area contributed by atoms with E-state index in [0.717, 1.165) is 25.9 Å². The summed E-state index contributed by atoms with van der Waals surface area (Å²) in [4.78, 5) is 15.3. The van der Waals surface area contributed by atoms with Crippen LogP contribution in [0.4, 0.5) is 0 Å². The van der Waals surface area contributed by atoms with Crippen molar-refractivity contribution in [3.63, 3.8) is 0 Å². The second-order valence-corrected chi connectivity index (χ2v) is 7.00. The van der Waals surface area contributed by atoms with Crippen molar-refractivity contribution in [1.82, 2.24) is 10.2 Å². The predicted octanol–water partition coefficient (Wildman–Crippen LogP) is 2.35. The van der Waals surface area contributed by atoms with Crippen molar-refractivity contribution in [1.29, 1.82) is 0 Å². The minimum atomic E-state index is 0.119. The molecular formula is C16H24N2O2S. The molecule has 1 unspecified atom stereocenters. The number of methoxy groups -OCH3 is 1. The van der Waals surface area contributed by atoms with E-state index in [2.05, 4.69) is 16.8 Å². The second kappa shape index (κ2) is 6.90. The summed E-state index contributed by atoms with van der Waals surface area (Å²) in [7, 11) is 1.58. The molecule has 0 spiro atoms. The number of ether oxygens (including phenoxy) is 1. The van der Waals surface area contributed by atoms with Crippen LogP contribution in [0.1, 0.15) is 42.2 Å². The van der Waals surface area contributed by atoms with E-state index in [1.807, 2.05) is 16.2 Å². The predicted molar refractivity (Wildman–Crippen MR) is 84.6 cm³/mol. The van der Waals surface area contributed by atoms with Crippen LogP contribution in [-0.4, -0.2) is 43.7 Å². The third-order valence-corrected chi connectivity index (χ3v) is 5.60. The number of hydrogen-bond donors (Lipinski definition) is 1. The van der Waals surface area contributed by atoms with E-state index in [1.165, 1.54) is 24.8 Å². The van der Waals surface area contributed by atoms with Crippen molar-refractivity contribution in [3.8, 4) is 0 Å². The molecule has 1 amide bonds. The zero-order valence-electron chi connectivity index (χ0n) is 12.6. The van der Waals surface area contributed by atoms with E-state index in [0.29, 0.717) is 12.1 Å². The summed E-state index contributed by atoms with van der Waals surface area (Å²) >= 11 is 1.89. The first-order chi connectivity index (χ1) is 10.3. The Balaban J connectivity index is 1.51. The SMILES string of the molecule is COCC(=O)N1CCC(NC2CCCc3sccc32)CC1. The third-order valence-electron chi connectivity index (χ3n) is 4.60. The van der Waals surface area contributed by atoms with Gasteiger partial charge in [-0.05, 0) is 49.1 Å². The van der Waals surface area contributed by atoms with Crippen LogP contribution in [0.2, 0.25) is 0 Å². The Hall–Kier alpha value is -0.910. The fourth-order valence-corrected chi connectivity index (χ4v) is 4.44. The Kier molecular flexibility index (Phi) is 4.93. The van der Waals surface area contributed by atoms with Gasteiger partial charge in [-0.3, -0.25) is 4.79 Å². The lowest BCUT2D eigenvalue weighted by Crippen LogP contribution is -2.47. The van der Waals surface area contributed by atoms with E-state index < -0.39 is 0 Å². The second-order valence-electron chi connectivity index (χ2n) is 6.00. The molecule has 0 saturated carbocycles. The van der Waals surface area contributed by atoms with Gasteiger partial charge in [-0.25, -0.2) is 0 Å². The normalized spacial score (nSPS) is 23.1. The molecule has 21 heavy (non-hydrogen) atoms. The molecule has 1 aliphatic carbocycles. The van der Waals surface area contributed by atoms with Crippen molar-refractivity contribution in [3.05, 3.63) is 21.9 Å². The van der Waals surface area contributed by atoms with E-state index in [1.54, 1.807) is 12.0 Å². The number of hydrogen-bond acceptors (Lipinski definition) is 4. The van der Waals surface area contributed by atoms with Gasteiger partial charge >= 0.3 is 0 Å². The van der Waals surface area contributed by atoms with Crippen LogP contribution < -0.4 is 5.32 Å². The van der Waals surface area contributed by atoms with Crippen LogP contribution in [0.3, 0.4) is 0 Å². The van der Waals surface area contributed by atoms with E-state index in [-0.39, 0.29) is 12.5 Å². The molecule has 1 aromatic rings. The van der Waals surface area contributed by atoms with Crippen molar-refractivity contribution in [2.75, 3.05) is 26.8 Å². The number of thiophene rings is 1. The zero-order valence-corrected chi connectivity index (χ0v) is 13.5.